The van der Waals surface area contributed by atoms with Gasteiger partial charge in [-0.2, -0.15) is 0 Å². The zero-order chi connectivity index (χ0) is 16.3. The summed E-state index contributed by atoms with van der Waals surface area (Å²) in [7, 11) is 2.57. The van der Waals surface area contributed by atoms with Crippen LogP contribution in [-0.2, 0) is 23.9 Å². The van der Waals surface area contributed by atoms with Crippen LogP contribution in [0, 0.1) is 0 Å². The molecule has 0 saturated carbocycles. The first-order chi connectivity index (χ1) is 9.94. The van der Waals surface area contributed by atoms with E-state index in [9.17, 15) is 19.2 Å². The van der Waals surface area contributed by atoms with Gasteiger partial charge in [0.1, 0.15) is 6.04 Å². The molecule has 0 aliphatic carbocycles. The van der Waals surface area contributed by atoms with E-state index in [1.807, 2.05) is 0 Å². The number of ether oxygens (including phenoxy) is 1. The number of nitrogens with one attached hydrogen (secondary N) is 3. The zero-order valence-corrected chi connectivity index (χ0v) is 12.2. The Morgan fingerprint density at radius 2 is 1.90 bits per heavy atom. The van der Waals surface area contributed by atoms with Gasteiger partial charge in [0.2, 0.25) is 17.7 Å². The first-order valence-corrected chi connectivity index (χ1v) is 6.40. The number of likely N-dealkylation sites (N-methyl/N-ethyl adjacent to an activating group) is 1. The Morgan fingerprint density at radius 3 is 2.43 bits per heavy atom. The van der Waals surface area contributed by atoms with E-state index in [2.05, 4.69) is 27.3 Å². The van der Waals surface area contributed by atoms with Gasteiger partial charge in [0.05, 0.1) is 20.1 Å². The summed E-state index contributed by atoms with van der Waals surface area (Å²) < 4.78 is 4.45. The Bertz CT molecular complexity index is 409. The number of methoxy groups -OCH3 is 1. The molecule has 1 unspecified atom stereocenters. The van der Waals surface area contributed by atoms with Crippen molar-refractivity contribution in [3.05, 3.63) is 12.7 Å². The minimum atomic E-state index is -1.04. The molecule has 0 rings (SSSR count). The summed E-state index contributed by atoms with van der Waals surface area (Å²) in [6.07, 6.45) is 2.05. The highest BCUT2D eigenvalue weighted by molar-refractivity contribution is 5.92. The molecule has 1 atom stereocenters. The number of amides is 3. The number of rotatable bonds is 9. The van der Waals surface area contributed by atoms with E-state index in [4.69, 9.17) is 0 Å². The average molecular weight is 299 g/mol. The molecule has 0 radical (unpaired) electrons. The molecule has 21 heavy (non-hydrogen) atoms. The van der Waals surface area contributed by atoms with Crippen LogP contribution in [0.15, 0.2) is 12.7 Å². The smallest absolute Gasteiger partial charge is 0.308 e. The molecule has 8 heteroatoms. The third kappa shape index (κ3) is 8.40. The summed E-state index contributed by atoms with van der Waals surface area (Å²) >= 11 is 0. The molecule has 0 aliphatic heterocycles. The maximum atomic E-state index is 11.6. The van der Waals surface area contributed by atoms with Crippen molar-refractivity contribution in [2.24, 2.45) is 0 Å². The van der Waals surface area contributed by atoms with Crippen LogP contribution in [0.5, 0.6) is 0 Å². The molecule has 0 saturated heterocycles. The van der Waals surface area contributed by atoms with E-state index < -0.39 is 23.8 Å². The fourth-order valence-electron chi connectivity index (χ4n) is 1.38. The summed E-state index contributed by atoms with van der Waals surface area (Å²) in [4.78, 5) is 45.7. The van der Waals surface area contributed by atoms with Gasteiger partial charge < -0.3 is 20.7 Å². The third-order valence-electron chi connectivity index (χ3n) is 2.52. The molecule has 0 heterocycles. The fourth-order valence-corrected chi connectivity index (χ4v) is 1.38. The number of hydrogen-bond donors (Lipinski definition) is 3. The molecule has 0 bridgehead atoms. The van der Waals surface area contributed by atoms with Crippen LogP contribution in [0.4, 0.5) is 0 Å². The van der Waals surface area contributed by atoms with Crippen LogP contribution in [0.2, 0.25) is 0 Å². The largest absolute Gasteiger partial charge is 0.469 e. The first kappa shape index (κ1) is 18.6. The van der Waals surface area contributed by atoms with Crippen molar-refractivity contribution in [2.75, 3.05) is 20.7 Å². The lowest BCUT2D eigenvalue weighted by atomic mass is 10.2. The highest BCUT2D eigenvalue weighted by atomic mass is 16.5. The van der Waals surface area contributed by atoms with Gasteiger partial charge in [-0.1, -0.05) is 6.08 Å². The van der Waals surface area contributed by atoms with E-state index in [0.717, 1.165) is 0 Å². The Labute approximate surface area is 123 Å². The highest BCUT2D eigenvalue weighted by Gasteiger charge is 2.23. The van der Waals surface area contributed by atoms with Gasteiger partial charge in [0.15, 0.2) is 0 Å². The van der Waals surface area contributed by atoms with Crippen LogP contribution in [0.1, 0.15) is 19.3 Å². The van der Waals surface area contributed by atoms with E-state index in [0.29, 0.717) is 6.42 Å². The van der Waals surface area contributed by atoms with Gasteiger partial charge in [-0.05, 0) is 6.42 Å². The minimum absolute atomic E-state index is 0.234. The maximum Gasteiger partial charge on any atom is 0.308 e. The maximum absolute atomic E-state index is 11.6. The first-order valence-electron chi connectivity index (χ1n) is 6.40. The molecule has 0 spiro atoms. The second kappa shape index (κ2) is 10.4. The molecule has 0 aromatic rings. The topological polar surface area (TPSA) is 114 Å². The van der Waals surface area contributed by atoms with Crippen molar-refractivity contribution in [3.63, 3.8) is 0 Å². The molecule has 0 aliphatic rings. The lowest BCUT2D eigenvalue weighted by molar-refractivity contribution is -0.143. The number of carbonyl (C=O) groups excluding carboxylic acids is 4. The van der Waals surface area contributed by atoms with Crippen molar-refractivity contribution < 1.29 is 23.9 Å². The minimum Gasteiger partial charge on any atom is -0.469 e. The lowest BCUT2D eigenvalue weighted by Gasteiger charge is -2.16. The number of allylic oxidation sites excluding steroid dienone is 1. The normalized spacial score (nSPS) is 11.0. The molecule has 3 amide bonds. The second-order valence-corrected chi connectivity index (χ2v) is 4.12. The Morgan fingerprint density at radius 1 is 1.24 bits per heavy atom. The number of hydrogen-bond acceptors (Lipinski definition) is 5. The van der Waals surface area contributed by atoms with Crippen LogP contribution in [-0.4, -0.2) is 50.4 Å². The van der Waals surface area contributed by atoms with E-state index in [-0.39, 0.29) is 25.3 Å². The van der Waals surface area contributed by atoms with E-state index in [1.54, 1.807) is 6.08 Å². The van der Waals surface area contributed by atoms with Gasteiger partial charge in [-0.3, -0.25) is 19.2 Å². The monoisotopic (exact) mass is 299 g/mol. The van der Waals surface area contributed by atoms with Crippen LogP contribution < -0.4 is 16.0 Å². The van der Waals surface area contributed by atoms with Crippen molar-refractivity contribution in [2.45, 2.75) is 25.3 Å². The summed E-state index contributed by atoms with van der Waals surface area (Å²) in [5.74, 6) is -2.01. The summed E-state index contributed by atoms with van der Waals surface area (Å²) in [6.45, 7) is 3.21. The van der Waals surface area contributed by atoms with Gasteiger partial charge in [-0.15, -0.1) is 6.58 Å². The van der Waals surface area contributed by atoms with Gasteiger partial charge in [0, 0.05) is 13.5 Å². The van der Waals surface area contributed by atoms with E-state index in [1.165, 1.54) is 14.2 Å². The molecule has 0 fully saturated rings. The molecule has 118 valence electrons. The third-order valence-corrected chi connectivity index (χ3v) is 2.52. The second-order valence-electron chi connectivity index (χ2n) is 4.12. The van der Waals surface area contributed by atoms with Crippen molar-refractivity contribution in [3.8, 4) is 0 Å². The predicted molar refractivity (Wildman–Crippen MR) is 75.1 cm³/mol. The fraction of sp³-hybridized carbons (Fsp3) is 0.538. The zero-order valence-electron chi connectivity index (χ0n) is 12.2. The van der Waals surface area contributed by atoms with Gasteiger partial charge in [-0.25, -0.2) is 0 Å². The summed E-state index contributed by atoms with van der Waals surface area (Å²) in [5.41, 5.74) is 0. The number of carbonyl (C=O) groups is 4. The summed E-state index contributed by atoms with van der Waals surface area (Å²) in [5, 5.41) is 7.09. The van der Waals surface area contributed by atoms with Gasteiger partial charge in [0.25, 0.3) is 0 Å². The van der Waals surface area contributed by atoms with Crippen LogP contribution >= 0.6 is 0 Å². The van der Waals surface area contributed by atoms with Gasteiger partial charge >= 0.3 is 5.97 Å². The standard InChI is InChI=1S/C13H21N3O5/c1-4-5-6-10(17)15-8-11(18)16-9(13(20)14-2)7-12(19)21-3/h4,9H,1,5-8H2,2-3H3,(H,14,20)(H,15,17)(H,16,18). The molecule has 8 nitrogen and oxygen atoms in total. The van der Waals surface area contributed by atoms with Crippen LogP contribution in [0.25, 0.3) is 0 Å². The molecule has 0 aromatic heterocycles. The van der Waals surface area contributed by atoms with E-state index >= 15 is 0 Å². The highest BCUT2D eigenvalue weighted by Crippen LogP contribution is 1.95. The SMILES string of the molecule is C=CCCC(=O)NCC(=O)NC(CC(=O)OC)C(=O)NC. The van der Waals surface area contributed by atoms with Crippen molar-refractivity contribution in [1.29, 1.82) is 0 Å². The summed E-state index contributed by atoms with van der Waals surface area (Å²) in [6, 6.07) is -1.04. The molecule has 0 aromatic carbocycles. The predicted octanol–water partition coefficient (Wildman–Crippen LogP) is -1.14. The molecule has 3 N–H and O–H groups in total. The quantitative estimate of drug-likeness (QED) is 0.368. The Kier molecular flexibility index (Phi) is 9.23. The lowest BCUT2D eigenvalue weighted by Crippen LogP contribution is -2.49. The average Bonchev–Trinajstić information content (AvgIpc) is 2.48. The number of esters is 1. The Hall–Kier alpha value is -2.38. The van der Waals surface area contributed by atoms with Crippen molar-refractivity contribution in [1.82, 2.24) is 16.0 Å². The Balaban J connectivity index is 4.33. The molecular weight excluding hydrogens is 278 g/mol. The molecular formula is C13H21N3O5. The van der Waals surface area contributed by atoms with Crippen molar-refractivity contribution >= 4 is 23.7 Å². The van der Waals surface area contributed by atoms with Crippen LogP contribution in [0.3, 0.4) is 0 Å².